The zero-order valence-corrected chi connectivity index (χ0v) is 16.3. The summed E-state index contributed by atoms with van der Waals surface area (Å²) in [5, 5.41) is 14.1. The van der Waals surface area contributed by atoms with Crippen LogP contribution in [0.15, 0.2) is 28.7 Å². The molecule has 1 aliphatic heterocycles. The summed E-state index contributed by atoms with van der Waals surface area (Å²) >= 11 is 4.96. The topological polar surface area (TPSA) is 55.6 Å². The third-order valence-corrected chi connectivity index (χ3v) is 5.74. The Balaban J connectivity index is 1.43. The molecule has 0 N–H and O–H groups in total. The van der Waals surface area contributed by atoms with Crippen LogP contribution in [0.5, 0.6) is 5.75 Å². The first kappa shape index (κ1) is 16.9. The average Bonchev–Trinajstić information content (AvgIpc) is 3.07. The van der Waals surface area contributed by atoms with Gasteiger partial charge < -0.3 is 4.74 Å². The fourth-order valence-electron chi connectivity index (χ4n) is 3.02. The second kappa shape index (κ2) is 7.80. The first-order chi connectivity index (χ1) is 12.3. The molecule has 1 aliphatic rings. The van der Waals surface area contributed by atoms with E-state index in [9.17, 15) is 0 Å². The van der Waals surface area contributed by atoms with E-state index in [1.807, 2.05) is 28.8 Å². The van der Waals surface area contributed by atoms with Crippen molar-refractivity contribution in [1.29, 1.82) is 0 Å². The van der Waals surface area contributed by atoms with Gasteiger partial charge in [-0.3, -0.25) is 4.90 Å². The normalized spacial score (nSPS) is 16.2. The summed E-state index contributed by atoms with van der Waals surface area (Å²) in [6, 6.07) is 7.81. The van der Waals surface area contributed by atoms with Crippen LogP contribution in [0, 0.1) is 0 Å². The molecule has 1 aromatic carbocycles. The molecule has 0 unspecified atom stereocenters. The van der Waals surface area contributed by atoms with Crippen LogP contribution in [0.4, 0.5) is 0 Å². The standard InChI is InChI=1S/C17H20BrN5OS/c18-13-5-7-14(8-6-13)24-12-16-21-23-15(19-20-17(23)25-16)11-22-9-3-1-2-4-10-22/h5-8H,1-4,9-12H2. The number of rotatable bonds is 5. The summed E-state index contributed by atoms with van der Waals surface area (Å²) in [6.07, 6.45) is 5.20. The third-order valence-electron chi connectivity index (χ3n) is 4.34. The molecule has 0 atom stereocenters. The van der Waals surface area contributed by atoms with Crippen LogP contribution in [0.1, 0.15) is 36.5 Å². The highest BCUT2D eigenvalue weighted by molar-refractivity contribution is 9.10. The van der Waals surface area contributed by atoms with Crippen molar-refractivity contribution in [3.63, 3.8) is 0 Å². The van der Waals surface area contributed by atoms with Crippen molar-refractivity contribution in [2.45, 2.75) is 38.8 Å². The van der Waals surface area contributed by atoms with E-state index in [1.54, 1.807) is 0 Å². The van der Waals surface area contributed by atoms with Crippen LogP contribution in [0.2, 0.25) is 0 Å². The number of likely N-dealkylation sites (tertiary alicyclic amines) is 1. The Hall–Kier alpha value is -1.51. The number of hydrogen-bond donors (Lipinski definition) is 0. The van der Waals surface area contributed by atoms with Crippen LogP contribution in [0.25, 0.3) is 4.96 Å². The van der Waals surface area contributed by atoms with E-state index < -0.39 is 0 Å². The summed E-state index contributed by atoms with van der Waals surface area (Å²) in [5.41, 5.74) is 0. The van der Waals surface area contributed by atoms with Gasteiger partial charge in [0.25, 0.3) is 0 Å². The van der Waals surface area contributed by atoms with Crippen LogP contribution in [-0.4, -0.2) is 37.8 Å². The number of nitrogens with zero attached hydrogens (tertiary/aromatic N) is 5. The van der Waals surface area contributed by atoms with Crippen molar-refractivity contribution in [3.8, 4) is 5.75 Å². The van der Waals surface area contributed by atoms with Gasteiger partial charge in [0.05, 0.1) is 6.54 Å². The summed E-state index contributed by atoms with van der Waals surface area (Å²) in [4.78, 5) is 3.29. The Bertz CT molecular complexity index is 823. The zero-order chi connectivity index (χ0) is 17.1. The van der Waals surface area contributed by atoms with Gasteiger partial charge in [0.15, 0.2) is 10.8 Å². The number of ether oxygens (including phenoxy) is 1. The largest absolute Gasteiger partial charge is 0.486 e. The van der Waals surface area contributed by atoms with Crippen molar-refractivity contribution >= 4 is 32.2 Å². The Morgan fingerprint density at radius 1 is 1.04 bits per heavy atom. The van der Waals surface area contributed by atoms with Crippen LogP contribution in [0.3, 0.4) is 0 Å². The summed E-state index contributed by atoms with van der Waals surface area (Å²) in [6.45, 7) is 3.54. The van der Waals surface area contributed by atoms with Crippen molar-refractivity contribution < 1.29 is 4.74 Å². The monoisotopic (exact) mass is 421 g/mol. The molecule has 0 saturated carbocycles. The highest BCUT2D eigenvalue weighted by atomic mass is 79.9. The predicted octanol–water partition coefficient (Wildman–Crippen LogP) is 3.90. The molecule has 25 heavy (non-hydrogen) atoms. The third kappa shape index (κ3) is 4.19. The minimum atomic E-state index is 0.443. The molecule has 0 aliphatic carbocycles. The highest BCUT2D eigenvalue weighted by Crippen LogP contribution is 2.20. The van der Waals surface area contributed by atoms with E-state index >= 15 is 0 Å². The molecule has 0 spiro atoms. The molecule has 6 nitrogen and oxygen atoms in total. The predicted molar refractivity (Wildman–Crippen MR) is 101 cm³/mol. The molecule has 132 valence electrons. The minimum absolute atomic E-state index is 0.443. The van der Waals surface area contributed by atoms with Crippen molar-refractivity contribution in [2.24, 2.45) is 0 Å². The molecule has 0 bridgehead atoms. The van der Waals surface area contributed by atoms with Gasteiger partial charge in [-0.25, -0.2) is 0 Å². The first-order valence-electron chi connectivity index (χ1n) is 8.59. The lowest BCUT2D eigenvalue weighted by molar-refractivity contribution is 0.267. The Morgan fingerprint density at radius 2 is 1.80 bits per heavy atom. The van der Waals surface area contributed by atoms with Gasteiger partial charge in [-0.1, -0.05) is 40.1 Å². The van der Waals surface area contributed by atoms with E-state index in [4.69, 9.17) is 4.74 Å². The number of fused-ring (bicyclic) bond motifs is 1. The van der Waals surface area contributed by atoms with Gasteiger partial charge in [0.2, 0.25) is 4.96 Å². The zero-order valence-electron chi connectivity index (χ0n) is 13.9. The smallest absolute Gasteiger partial charge is 0.234 e. The lowest BCUT2D eigenvalue weighted by Gasteiger charge is -2.17. The highest BCUT2D eigenvalue weighted by Gasteiger charge is 2.16. The van der Waals surface area contributed by atoms with E-state index in [0.29, 0.717) is 6.61 Å². The maximum absolute atomic E-state index is 5.81. The second-order valence-electron chi connectivity index (χ2n) is 6.24. The fourth-order valence-corrected chi connectivity index (χ4v) is 4.05. The Morgan fingerprint density at radius 3 is 2.56 bits per heavy atom. The van der Waals surface area contributed by atoms with Crippen LogP contribution < -0.4 is 4.74 Å². The molecule has 1 fully saturated rings. The molecular formula is C17H20BrN5OS. The number of aromatic nitrogens is 4. The quantitative estimate of drug-likeness (QED) is 0.624. The average molecular weight is 422 g/mol. The van der Waals surface area contributed by atoms with Gasteiger partial charge in [0.1, 0.15) is 12.4 Å². The van der Waals surface area contributed by atoms with Gasteiger partial charge in [-0.2, -0.15) is 9.61 Å². The SMILES string of the molecule is Brc1ccc(OCc2nn3c(CN4CCCCCC4)nnc3s2)cc1. The molecule has 4 rings (SSSR count). The molecule has 0 amide bonds. The summed E-state index contributed by atoms with van der Waals surface area (Å²) < 4.78 is 8.72. The van der Waals surface area contributed by atoms with E-state index in [-0.39, 0.29) is 0 Å². The molecule has 3 heterocycles. The minimum Gasteiger partial charge on any atom is -0.486 e. The van der Waals surface area contributed by atoms with Gasteiger partial charge in [0, 0.05) is 4.47 Å². The van der Waals surface area contributed by atoms with Gasteiger partial charge in [-0.05, 0) is 50.2 Å². The molecular weight excluding hydrogens is 402 g/mol. The second-order valence-corrected chi connectivity index (χ2v) is 8.20. The number of benzene rings is 1. The van der Waals surface area contributed by atoms with E-state index in [2.05, 4.69) is 36.1 Å². The Kier molecular flexibility index (Phi) is 5.28. The maximum atomic E-state index is 5.81. The lowest BCUT2D eigenvalue weighted by Crippen LogP contribution is -2.25. The fraction of sp³-hybridized carbons (Fsp3) is 0.471. The van der Waals surface area contributed by atoms with Crippen LogP contribution in [-0.2, 0) is 13.2 Å². The van der Waals surface area contributed by atoms with Crippen molar-refractivity contribution in [1.82, 2.24) is 24.7 Å². The molecule has 2 aromatic heterocycles. The molecule has 3 aromatic rings. The molecule has 0 radical (unpaired) electrons. The molecule has 1 saturated heterocycles. The van der Waals surface area contributed by atoms with Crippen molar-refractivity contribution in [3.05, 3.63) is 39.6 Å². The Labute approximate surface area is 158 Å². The van der Waals surface area contributed by atoms with E-state index in [0.717, 1.165) is 45.6 Å². The molecule has 8 heteroatoms. The summed E-state index contributed by atoms with van der Waals surface area (Å²) in [5.74, 6) is 1.75. The van der Waals surface area contributed by atoms with Crippen LogP contribution >= 0.6 is 27.3 Å². The van der Waals surface area contributed by atoms with Gasteiger partial charge in [-0.15, -0.1) is 10.2 Å². The summed E-state index contributed by atoms with van der Waals surface area (Å²) in [7, 11) is 0. The number of hydrogen-bond acceptors (Lipinski definition) is 6. The van der Waals surface area contributed by atoms with Gasteiger partial charge >= 0.3 is 0 Å². The van der Waals surface area contributed by atoms with Crippen molar-refractivity contribution in [2.75, 3.05) is 13.1 Å². The maximum Gasteiger partial charge on any atom is 0.234 e. The lowest BCUT2D eigenvalue weighted by atomic mass is 10.2. The first-order valence-corrected chi connectivity index (χ1v) is 10.2. The number of halogens is 1. The van der Waals surface area contributed by atoms with E-state index in [1.165, 1.54) is 37.0 Å².